The largest absolute Gasteiger partial charge is 0.497 e. The number of hydrogen-bond donors (Lipinski definition) is 3. The van der Waals surface area contributed by atoms with E-state index in [-0.39, 0.29) is 12.0 Å². The molecule has 8 nitrogen and oxygen atoms in total. The van der Waals surface area contributed by atoms with Gasteiger partial charge >= 0.3 is 0 Å². The zero-order valence-electron chi connectivity index (χ0n) is 18.6. The molecule has 0 aliphatic carbocycles. The van der Waals surface area contributed by atoms with Crippen LogP contribution in [0.3, 0.4) is 0 Å². The average Bonchev–Trinajstić information content (AvgIpc) is 2.80. The summed E-state index contributed by atoms with van der Waals surface area (Å²) in [6, 6.07) is 14.5. The van der Waals surface area contributed by atoms with E-state index in [4.69, 9.17) is 14.2 Å². The molecule has 0 bridgehead atoms. The molecule has 0 radical (unpaired) electrons. The van der Waals surface area contributed by atoms with E-state index in [2.05, 4.69) is 20.9 Å². The predicted octanol–water partition coefficient (Wildman–Crippen LogP) is 2.46. The highest BCUT2D eigenvalue weighted by Crippen LogP contribution is 2.19. The Labute approximate surface area is 184 Å². The van der Waals surface area contributed by atoms with Crippen LogP contribution < -0.4 is 30.2 Å². The molecular weight excluding hydrogens is 396 g/mol. The van der Waals surface area contributed by atoms with E-state index < -0.39 is 0 Å². The van der Waals surface area contributed by atoms with Crippen molar-refractivity contribution >= 4 is 11.9 Å². The molecule has 0 saturated heterocycles. The lowest BCUT2D eigenvalue weighted by molar-refractivity contribution is 0.0954. The minimum Gasteiger partial charge on any atom is -0.497 e. The number of aliphatic imine (C=N–C) groups is 1. The van der Waals surface area contributed by atoms with Gasteiger partial charge in [-0.3, -0.25) is 4.79 Å². The summed E-state index contributed by atoms with van der Waals surface area (Å²) in [4.78, 5) is 16.8. The van der Waals surface area contributed by atoms with E-state index in [1.165, 1.54) is 0 Å². The Morgan fingerprint density at radius 1 is 0.935 bits per heavy atom. The molecule has 2 aromatic carbocycles. The summed E-state index contributed by atoms with van der Waals surface area (Å²) >= 11 is 0. The molecule has 2 rings (SSSR count). The number of hydrogen-bond acceptors (Lipinski definition) is 5. The highest BCUT2D eigenvalue weighted by atomic mass is 16.5. The lowest BCUT2D eigenvalue weighted by atomic mass is 10.2. The smallest absolute Gasteiger partial charge is 0.251 e. The van der Waals surface area contributed by atoms with Gasteiger partial charge in [0.1, 0.15) is 23.4 Å². The number of nitrogens with zero attached hydrogens (tertiary/aromatic N) is 1. The van der Waals surface area contributed by atoms with Gasteiger partial charge in [0.15, 0.2) is 5.96 Å². The van der Waals surface area contributed by atoms with Gasteiger partial charge in [0, 0.05) is 31.3 Å². The number of guanidine groups is 1. The van der Waals surface area contributed by atoms with Crippen LogP contribution >= 0.6 is 0 Å². The molecule has 0 fully saturated rings. The van der Waals surface area contributed by atoms with Gasteiger partial charge in [-0.1, -0.05) is 6.07 Å². The van der Waals surface area contributed by atoms with Crippen molar-refractivity contribution in [3.63, 3.8) is 0 Å². The molecule has 0 saturated carbocycles. The van der Waals surface area contributed by atoms with E-state index in [1.54, 1.807) is 38.5 Å². The van der Waals surface area contributed by atoms with Crippen molar-refractivity contribution in [2.24, 2.45) is 4.99 Å². The Morgan fingerprint density at radius 3 is 2.29 bits per heavy atom. The fourth-order valence-corrected chi connectivity index (χ4v) is 2.71. The van der Waals surface area contributed by atoms with Crippen molar-refractivity contribution < 1.29 is 19.0 Å². The van der Waals surface area contributed by atoms with Crippen molar-refractivity contribution in [1.29, 1.82) is 0 Å². The summed E-state index contributed by atoms with van der Waals surface area (Å²) < 4.78 is 16.2. The van der Waals surface area contributed by atoms with E-state index >= 15 is 0 Å². The highest BCUT2D eigenvalue weighted by Gasteiger charge is 2.07. The summed E-state index contributed by atoms with van der Waals surface area (Å²) in [6.07, 6.45) is -0.114. The van der Waals surface area contributed by atoms with Crippen molar-refractivity contribution in [3.05, 3.63) is 54.1 Å². The van der Waals surface area contributed by atoms with Crippen LogP contribution in [0, 0.1) is 0 Å². The van der Waals surface area contributed by atoms with Crippen LogP contribution in [0.25, 0.3) is 0 Å². The van der Waals surface area contributed by atoms with E-state index in [0.29, 0.717) is 36.9 Å². The number of carbonyl (C=O) groups is 1. The van der Waals surface area contributed by atoms with Crippen LogP contribution in [0.1, 0.15) is 24.2 Å². The second-order valence-corrected chi connectivity index (χ2v) is 6.74. The van der Waals surface area contributed by atoms with Gasteiger partial charge < -0.3 is 30.2 Å². The van der Waals surface area contributed by atoms with Crippen LogP contribution in [-0.4, -0.2) is 58.4 Å². The average molecular weight is 429 g/mol. The van der Waals surface area contributed by atoms with Gasteiger partial charge in [0.05, 0.1) is 20.8 Å². The number of rotatable bonds is 11. The maximum Gasteiger partial charge on any atom is 0.251 e. The standard InChI is InChI=1S/C23H32N4O4/c1-5-24-23(27-16-17(2)31-21-8-6-7-20(15-21)30-4)26-14-13-25-22(28)18-9-11-19(29-3)12-10-18/h6-12,15,17H,5,13-14,16H2,1-4H3,(H,25,28)(H2,24,26,27). The number of carbonyl (C=O) groups excluding carboxylic acids is 1. The molecule has 168 valence electrons. The maximum atomic E-state index is 12.2. The Morgan fingerprint density at radius 2 is 1.61 bits per heavy atom. The Hall–Kier alpha value is -3.42. The van der Waals surface area contributed by atoms with E-state index in [9.17, 15) is 4.79 Å². The molecule has 0 spiro atoms. The molecule has 1 unspecified atom stereocenters. The first-order chi connectivity index (χ1) is 15.0. The molecular formula is C23H32N4O4. The molecule has 1 amide bonds. The molecule has 0 aromatic heterocycles. The lowest BCUT2D eigenvalue weighted by Crippen LogP contribution is -2.42. The van der Waals surface area contributed by atoms with Crippen LogP contribution in [0.5, 0.6) is 17.2 Å². The summed E-state index contributed by atoms with van der Waals surface area (Å²) in [6.45, 7) is 6.17. The number of benzene rings is 2. The van der Waals surface area contributed by atoms with Gasteiger partial charge in [0.25, 0.3) is 5.91 Å². The minimum atomic E-state index is -0.133. The van der Waals surface area contributed by atoms with Crippen LogP contribution in [0.4, 0.5) is 0 Å². The summed E-state index contributed by atoms with van der Waals surface area (Å²) in [5.74, 6) is 2.74. The minimum absolute atomic E-state index is 0.114. The second-order valence-electron chi connectivity index (χ2n) is 6.74. The van der Waals surface area contributed by atoms with Crippen molar-refractivity contribution in [2.45, 2.75) is 20.0 Å². The van der Waals surface area contributed by atoms with Gasteiger partial charge in [-0.2, -0.15) is 0 Å². The van der Waals surface area contributed by atoms with Gasteiger partial charge in [-0.15, -0.1) is 0 Å². The summed E-state index contributed by atoms with van der Waals surface area (Å²) in [7, 11) is 3.22. The Kier molecular flexibility index (Phi) is 10.0. The topological polar surface area (TPSA) is 93.2 Å². The second kappa shape index (κ2) is 13.0. The van der Waals surface area contributed by atoms with Crippen molar-refractivity contribution in [3.8, 4) is 17.2 Å². The maximum absolute atomic E-state index is 12.2. The molecule has 1 atom stereocenters. The third-order valence-corrected chi connectivity index (χ3v) is 4.28. The molecule has 31 heavy (non-hydrogen) atoms. The molecule has 3 N–H and O–H groups in total. The zero-order chi connectivity index (χ0) is 22.5. The van der Waals surface area contributed by atoms with Crippen LogP contribution in [0.15, 0.2) is 53.5 Å². The lowest BCUT2D eigenvalue weighted by Gasteiger charge is -2.16. The number of nitrogens with one attached hydrogen (secondary N) is 3. The first kappa shape index (κ1) is 23.9. The summed E-state index contributed by atoms with van der Waals surface area (Å²) in [5.41, 5.74) is 0.588. The first-order valence-electron chi connectivity index (χ1n) is 10.3. The molecule has 2 aromatic rings. The Bertz CT molecular complexity index is 840. The molecule has 8 heteroatoms. The van der Waals surface area contributed by atoms with Crippen LogP contribution in [-0.2, 0) is 0 Å². The van der Waals surface area contributed by atoms with Crippen molar-refractivity contribution in [2.75, 3.05) is 40.4 Å². The van der Waals surface area contributed by atoms with Gasteiger partial charge in [0.2, 0.25) is 0 Å². The van der Waals surface area contributed by atoms with Gasteiger partial charge in [-0.05, 0) is 50.2 Å². The molecule has 0 aliphatic rings. The fourth-order valence-electron chi connectivity index (χ4n) is 2.71. The van der Waals surface area contributed by atoms with E-state index in [0.717, 1.165) is 18.0 Å². The number of amides is 1. The van der Waals surface area contributed by atoms with Crippen LogP contribution in [0.2, 0.25) is 0 Å². The molecule has 0 aliphatic heterocycles. The summed E-state index contributed by atoms with van der Waals surface area (Å²) in [5, 5.41) is 9.28. The predicted molar refractivity (Wildman–Crippen MR) is 122 cm³/mol. The van der Waals surface area contributed by atoms with Gasteiger partial charge in [-0.25, -0.2) is 4.99 Å². The number of methoxy groups -OCH3 is 2. The highest BCUT2D eigenvalue weighted by molar-refractivity contribution is 5.94. The normalized spacial score (nSPS) is 11.9. The van der Waals surface area contributed by atoms with E-state index in [1.807, 2.05) is 38.1 Å². The zero-order valence-corrected chi connectivity index (χ0v) is 18.6. The fraction of sp³-hybridized carbons (Fsp3) is 0.391. The molecule has 0 heterocycles. The van der Waals surface area contributed by atoms with Crippen molar-refractivity contribution in [1.82, 2.24) is 16.0 Å². The number of ether oxygens (including phenoxy) is 3. The monoisotopic (exact) mass is 428 g/mol. The SMILES string of the molecule is CCNC(=NCC(C)Oc1cccc(OC)c1)NCCNC(=O)c1ccc(OC)cc1. The third kappa shape index (κ3) is 8.46. The first-order valence-corrected chi connectivity index (χ1v) is 10.3. The Balaban J connectivity index is 1.77. The third-order valence-electron chi connectivity index (χ3n) is 4.28. The quantitative estimate of drug-likeness (QED) is 0.289.